The zero-order valence-corrected chi connectivity index (χ0v) is 10.8. The summed E-state index contributed by atoms with van der Waals surface area (Å²) in [5.41, 5.74) is 3.29. The number of carbonyl (C=O) groups is 1. The van der Waals surface area contributed by atoms with E-state index in [0.29, 0.717) is 5.01 Å². The summed E-state index contributed by atoms with van der Waals surface area (Å²) in [6.45, 7) is 1.93. The Morgan fingerprint density at radius 1 is 1.50 bits per heavy atom. The third-order valence-corrected chi connectivity index (χ3v) is 3.62. The first kappa shape index (κ1) is 11.2. The molecule has 0 spiro atoms. The second-order valence-electron chi connectivity index (χ2n) is 3.11. The van der Waals surface area contributed by atoms with Gasteiger partial charge in [0.1, 0.15) is 5.51 Å². The molecule has 82 valence electrons. The zero-order chi connectivity index (χ0) is 11.5. The third kappa shape index (κ3) is 2.28. The lowest BCUT2D eigenvalue weighted by molar-refractivity contribution is 0.102. The van der Waals surface area contributed by atoms with Gasteiger partial charge in [0, 0.05) is 10.2 Å². The molecule has 1 aromatic carbocycles. The summed E-state index contributed by atoms with van der Waals surface area (Å²) in [5, 5.41) is 10.5. The van der Waals surface area contributed by atoms with Crippen molar-refractivity contribution in [3.63, 3.8) is 0 Å². The fourth-order valence-corrected chi connectivity index (χ4v) is 2.00. The predicted octanol–water partition coefficient (Wildman–Crippen LogP) is 2.86. The molecule has 0 saturated heterocycles. The average molecular weight is 298 g/mol. The molecule has 6 heteroatoms. The molecule has 1 amide bonds. The van der Waals surface area contributed by atoms with Gasteiger partial charge < -0.3 is 5.32 Å². The fraction of sp³-hybridized carbons (Fsp3) is 0.100. The van der Waals surface area contributed by atoms with Crippen molar-refractivity contribution >= 4 is 38.9 Å². The number of benzene rings is 1. The van der Waals surface area contributed by atoms with Crippen LogP contribution in [0.1, 0.15) is 15.4 Å². The SMILES string of the molecule is Cc1c(Br)cccc1NC(=O)c1nncs1. The molecule has 16 heavy (non-hydrogen) atoms. The molecule has 0 saturated carbocycles. The van der Waals surface area contributed by atoms with Crippen LogP contribution in [-0.4, -0.2) is 16.1 Å². The molecule has 1 N–H and O–H groups in total. The van der Waals surface area contributed by atoms with Crippen LogP contribution < -0.4 is 5.32 Å². The van der Waals surface area contributed by atoms with E-state index in [9.17, 15) is 4.79 Å². The van der Waals surface area contributed by atoms with Crippen molar-refractivity contribution in [1.29, 1.82) is 0 Å². The highest BCUT2D eigenvalue weighted by Crippen LogP contribution is 2.23. The van der Waals surface area contributed by atoms with E-state index in [2.05, 4.69) is 31.4 Å². The van der Waals surface area contributed by atoms with Gasteiger partial charge >= 0.3 is 0 Å². The van der Waals surface area contributed by atoms with Crippen LogP contribution in [0.4, 0.5) is 5.69 Å². The lowest BCUT2D eigenvalue weighted by Gasteiger charge is -2.07. The minimum atomic E-state index is -0.233. The second kappa shape index (κ2) is 4.71. The number of nitrogens with one attached hydrogen (secondary N) is 1. The van der Waals surface area contributed by atoms with Crippen molar-refractivity contribution in [3.8, 4) is 0 Å². The van der Waals surface area contributed by atoms with Gasteiger partial charge in [-0.2, -0.15) is 0 Å². The van der Waals surface area contributed by atoms with Crippen LogP contribution in [0.15, 0.2) is 28.2 Å². The van der Waals surface area contributed by atoms with Gasteiger partial charge in [0.25, 0.3) is 5.91 Å². The molecule has 1 aromatic heterocycles. The maximum atomic E-state index is 11.7. The van der Waals surface area contributed by atoms with Gasteiger partial charge in [-0.05, 0) is 24.6 Å². The molecular weight excluding hydrogens is 290 g/mol. The third-order valence-electron chi connectivity index (χ3n) is 2.07. The Bertz CT molecular complexity index is 513. The topological polar surface area (TPSA) is 54.9 Å². The Kier molecular flexibility index (Phi) is 3.31. The van der Waals surface area contributed by atoms with Crippen molar-refractivity contribution in [3.05, 3.63) is 38.8 Å². The van der Waals surface area contributed by atoms with Gasteiger partial charge in [0.2, 0.25) is 5.01 Å². The summed E-state index contributed by atoms with van der Waals surface area (Å²) in [6, 6.07) is 5.64. The normalized spacial score (nSPS) is 10.1. The number of halogens is 1. The number of aromatic nitrogens is 2. The van der Waals surface area contributed by atoms with E-state index in [1.54, 1.807) is 0 Å². The predicted molar refractivity (Wildman–Crippen MR) is 66.7 cm³/mol. The molecule has 0 aliphatic rings. The smallest absolute Gasteiger partial charge is 0.286 e. The molecule has 0 aliphatic heterocycles. The molecule has 0 bridgehead atoms. The molecule has 0 atom stereocenters. The molecule has 0 aliphatic carbocycles. The van der Waals surface area contributed by atoms with Crippen molar-refractivity contribution in [2.24, 2.45) is 0 Å². The lowest BCUT2D eigenvalue weighted by Crippen LogP contribution is -2.12. The van der Waals surface area contributed by atoms with Crippen LogP contribution in [0, 0.1) is 6.92 Å². The second-order valence-corrected chi connectivity index (χ2v) is 4.80. The number of hydrogen-bond acceptors (Lipinski definition) is 4. The fourth-order valence-electron chi connectivity index (χ4n) is 1.19. The first-order chi connectivity index (χ1) is 7.68. The highest BCUT2D eigenvalue weighted by atomic mass is 79.9. The summed E-state index contributed by atoms with van der Waals surface area (Å²) in [7, 11) is 0. The first-order valence-electron chi connectivity index (χ1n) is 4.51. The number of nitrogens with zero attached hydrogens (tertiary/aromatic N) is 2. The maximum Gasteiger partial charge on any atom is 0.286 e. The Balaban J connectivity index is 2.22. The van der Waals surface area contributed by atoms with Crippen LogP contribution in [0.3, 0.4) is 0 Å². The molecule has 0 radical (unpaired) electrons. The molecule has 1 heterocycles. The van der Waals surface area contributed by atoms with Crippen LogP contribution in [0.5, 0.6) is 0 Å². The molecular formula is C10H8BrN3OS. The number of amides is 1. The van der Waals surface area contributed by atoms with E-state index < -0.39 is 0 Å². The minimum Gasteiger partial charge on any atom is -0.320 e. The number of rotatable bonds is 2. The summed E-state index contributed by atoms with van der Waals surface area (Å²) in [5.74, 6) is -0.233. The first-order valence-corrected chi connectivity index (χ1v) is 6.18. The number of carbonyl (C=O) groups excluding carboxylic acids is 1. The molecule has 0 unspecified atom stereocenters. The summed E-state index contributed by atoms with van der Waals surface area (Å²) < 4.78 is 0.961. The Labute approximate surface area is 105 Å². The molecule has 0 fully saturated rings. The van der Waals surface area contributed by atoms with Gasteiger partial charge in [-0.15, -0.1) is 10.2 Å². The van der Waals surface area contributed by atoms with Gasteiger partial charge in [0.05, 0.1) is 0 Å². The van der Waals surface area contributed by atoms with Crippen LogP contribution in [-0.2, 0) is 0 Å². The van der Waals surface area contributed by atoms with E-state index in [4.69, 9.17) is 0 Å². The monoisotopic (exact) mass is 297 g/mol. The van der Waals surface area contributed by atoms with Gasteiger partial charge in [-0.1, -0.05) is 33.3 Å². The van der Waals surface area contributed by atoms with E-state index >= 15 is 0 Å². The summed E-state index contributed by atoms with van der Waals surface area (Å²) in [6.07, 6.45) is 0. The quantitative estimate of drug-likeness (QED) is 0.927. The van der Waals surface area contributed by atoms with Crippen LogP contribution in [0.25, 0.3) is 0 Å². The van der Waals surface area contributed by atoms with E-state index in [-0.39, 0.29) is 5.91 Å². The lowest BCUT2D eigenvalue weighted by atomic mass is 10.2. The zero-order valence-electron chi connectivity index (χ0n) is 8.40. The van der Waals surface area contributed by atoms with Gasteiger partial charge in [0.15, 0.2) is 0 Å². The summed E-state index contributed by atoms with van der Waals surface area (Å²) >= 11 is 4.62. The van der Waals surface area contributed by atoms with Crippen molar-refractivity contribution < 1.29 is 4.79 Å². The molecule has 2 aromatic rings. The number of hydrogen-bond donors (Lipinski definition) is 1. The van der Waals surface area contributed by atoms with E-state index in [0.717, 1.165) is 15.7 Å². The average Bonchev–Trinajstić information content (AvgIpc) is 2.78. The van der Waals surface area contributed by atoms with Gasteiger partial charge in [-0.3, -0.25) is 4.79 Å². The molecule has 2 rings (SSSR count). The standard InChI is InChI=1S/C10H8BrN3OS/c1-6-7(11)3-2-4-8(6)13-9(15)10-14-12-5-16-10/h2-5H,1H3,(H,13,15). The van der Waals surface area contributed by atoms with Crippen molar-refractivity contribution in [2.75, 3.05) is 5.32 Å². The highest BCUT2D eigenvalue weighted by molar-refractivity contribution is 9.10. The molecule has 4 nitrogen and oxygen atoms in total. The minimum absolute atomic E-state index is 0.233. The Morgan fingerprint density at radius 3 is 3.00 bits per heavy atom. The van der Waals surface area contributed by atoms with Gasteiger partial charge in [-0.25, -0.2) is 0 Å². The van der Waals surface area contributed by atoms with E-state index in [1.807, 2.05) is 25.1 Å². The number of anilines is 1. The largest absolute Gasteiger partial charge is 0.320 e. The highest BCUT2D eigenvalue weighted by Gasteiger charge is 2.11. The van der Waals surface area contributed by atoms with Crippen LogP contribution >= 0.6 is 27.3 Å². The van der Waals surface area contributed by atoms with Crippen molar-refractivity contribution in [2.45, 2.75) is 6.92 Å². The van der Waals surface area contributed by atoms with E-state index in [1.165, 1.54) is 16.8 Å². The Morgan fingerprint density at radius 2 is 2.31 bits per heavy atom. The summed E-state index contributed by atoms with van der Waals surface area (Å²) in [4.78, 5) is 11.7. The van der Waals surface area contributed by atoms with Crippen molar-refractivity contribution in [1.82, 2.24) is 10.2 Å². The Hall–Kier alpha value is -1.27. The maximum absolute atomic E-state index is 11.7. The van der Waals surface area contributed by atoms with Crippen LogP contribution in [0.2, 0.25) is 0 Å².